The van der Waals surface area contributed by atoms with Gasteiger partial charge in [-0.15, -0.1) is 0 Å². The highest BCUT2D eigenvalue weighted by molar-refractivity contribution is 6.31. The minimum absolute atomic E-state index is 0.00526. The Kier molecular flexibility index (Phi) is 20.9. The Hall–Kier alpha value is -7.14. The number of likely N-dealkylation sites (N-methyl/N-ethyl adjacent to an activating group) is 1. The van der Waals surface area contributed by atoms with Crippen LogP contribution in [0.15, 0.2) is 114 Å². The monoisotopic (exact) mass is 1050 g/mol. The maximum absolute atomic E-state index is 14.8. The standard InChI is InChI=1S/C50H54Cl2F2N8O11/c1-61(47(66)57-26-35-15-8-18-40(54)45(35)52)37(29-71-49(68)59-43-24-41(60-73-43)31-10-3-2-4-11-31)16-9-19-55-48(67)62(20-21-63)46(72-50(69)58-42-23-32-12-5-6-13-34(32)25-56-42)36(28-70-30-38(65)27-64)22-33-14-7-17-39(53)44(33)51/h2-8,10-15,17-18,23-25,36-38,46,63-65H,9,16,19-22,26-30H2,1H3,(H,55,67)(H,57,66)(H,59,68)(H,56,58,69)/t36-,37-,38+,46?/m0/s1. The first-order chi connectivity index (χ1) is 35.2. The smallest absolute Gasteiger partial charge is 0.414 e. The van der Waals surface area contributed by atoms with E-state index in [1.807, 2.05) is 48.5 Å². The molecule has 0 saturated heterocycles. The molecule has 0 spiro atoms. The molecule has 0 saturated carbocycles. The van der Waals surface area contributed by atoms with Crippen molar-refractivity contribution < 1.29 is 62.0 Å². The molecule has 73 heavy (non-hydrogen) atoms. The first-order valence-corrected chi connectivity index (χ1v) is 23.7. The number of aliphatic hydroxyl groups excluding tert-OH is 3. The van der Waals surface area contributed by atoms with Gasteiger partial charge in [0, 0.05) is 55.8 Å². The number of rotatable bonds is 24. The SMILES string of the molecule is CN(C(=O)NCc1cccc(F)c1Cl)[C@@H](CCCNC(=O)N(CCO)C(OC(=O)Nc1cc2ccccc2cn1)[C@H](COC[C@H](O)CO)Cc1cccc(F)c1Cl)COC(=O)Nc1cc(-c2ccccc2)no1. The topological polar surface area (TPSA) is 250 Å². The van der Waals surface area contributed by atoms with Crippen molar-refractivity contribution in [1.82, 2.24) is 30.6 Å². The Morgan fingerprint density at radius 1 is 0.795 bits per heavy atom. The van der Waals surface area contributed by atoms with E-state index in [2.05, 4.69) is 31.4 Å². The molecule has 0 bridgehead atoms. The van der Waals surface area contributed by atoms with Crippen molar-refractivity contribution in [1.29, 1.82) is 0 Å². The fourth-order valence-corrected chi connectivity index (χ4v) is 7.85. The molecule has 0 fully saturated rings. The van der Waals surface area contributed by atoms with Crippen molar-refractivity contribution in [2.75, 3.05) is 63.8 Å². The number of anilines is 2. The zero-order chi connectivity index (χ0) is 52.3. The number of carbonyl (C=O) groups excluding carboxylic acids is 4. The summed E-state index contributed by atoms with van der Waals surface area (Å²) in [5, 5.41) is 45.5. The summed E-state index contributed by atoms with van der Waals surface area (Å²) in [6.07, 6.45) is -3.22. The number of fused-ring (bicyclic) bond motifs is 1. The third kappa shape index (κ3) is 16.2. The number of amides is 6. The lowest BCUT2D eigenvalue weighted by molar-refractivity contribution is -0.0674. The normalized spacial score (nSPS) is 12.8. The second kappa shape index (κ2) is 27.6. The highest BCUT2D eigenvalue weighted by Gasteiger charge is 2.36. The van der Waals surface area contributed by atoms with Gasteiger partial charge in [0.05, 0.1) is 42.5 Å². The van der Waals surface area contributed by atoms with Gasteiger partial charge < -0.3 is 49.6 Å². The van der Waals surface area contributed by atoms with Crippen molar-refractivity contribution in [3.63, 3.8) is 0 Å². The Morgan fingerprint density at radius 3 is 2.22 bits per heavy atom. The van der Waals surface area contributed by atoms with Crippen LogP contribution < -0.4 is 21.3 Å². The van der Waals surface area contributed by atoms with Crippen molar-refractivity contribution in [2.45, 2.75) is 44.2 Å². The quantitative estimate of drug-likeness (QED) is 0.0226. The van der Waals surface area contributed by atoms with E-state index < -0.39 is 79.9 Å². The van der Waals surface area contributed by atoms with Crippen LogP contribution >= 0.6 is 23.2 Å². The summed E-state index contributed by atoms with van der Waals surface area (Å²) in [4.78, 5) is 61.2. The number of ether oxygens (including phenoxy) is 3. The predicted molar refractivity (Wildman–Crippen MR) is 267 cm³/mol. The van der Waals surface area contributed by atoms with Crippen LogP contribution in [0, 0.1) is 17.6 Å². The van der Waals surface area contributed by atoms with Crippen molar-refractivity contribution in [2.24, 2.45) is 5.92 Å². The van der Waals surface area contributed by atoms with E-state index in [4.69, 9.17) is 41.9 Å². The van der Waals surface area contributed by atoms with Crippen molar-refractivity contribution in [3.05, 3.63) is 142 Å². The van der Waals surface area contributed by atoms with E-state index >= 15 is 0 Å². The van der Waals surface area contributed by atoms with Crippen LogP contribution in [0.4, 0.5) is 39.7 Å². The Labute approximate surface area is 428 Å². The van der Waals surface area contributed by atoms with Crippen molar-refractivity contribution in [3.8, 4) is 11.3 Å². The number of urea groups is 2. The van der Waals surface area contributed by atoms with Crippen LogP contribution in [0.1, 0.15) is 24.0 Å². The Bertz CT molecular complexity index is 2780. The minimum atomic E-state index is -1.58. The molecule has 1 unspecified atom stereocenters. The second-order valence-electron chi connectivity index (χ2n) is 16.5. The molecule has 388 valence electrons. The number of hydrogen-bond donors (Lipinski definition) is 7. The predicted octanol–water partition coefficient (Wildman–Crippen LogP) is 7.82. The van der Waals surface area contributed by atoms with Gasteiger partial charge in [-0.05, 0) is 54.0 Å². The molecule has 4 atom stereocenters. The first-order valence-electron chi connectivity index (χ1n) is 22.9. The zero-order valence-corrected chi connectivity index (χ0v) is 40.9. The highest BCUT2D eigenvalue weighted by Crippen LogP contribution is 2.28. The van der Waals surface area contributed by atoms with Gasteiger partial charge in [-0.2, -0.15) is 0 Å². The zero-order valence-electron chi connectivity index (χ0n) is 39.4. The molecule has 7 N–H and O–H groups in total. The van der Waals surface area contributed by atoms with Gasteiger partial charge >= 0.3 is 24.2 Å². The summed E-state index contributed by atoms with van der Waals surface area (Å²) in [5.74, 6) is -2.36. The molecule has 2 aromatic heterocycles. The van der Waals surface area contributed by atoms with E-state index in [1.54, 1.807) is 24.4 Å². The van der Waals surface area contributed by atoms with Gasteiger partial charge in [0.15, 0.2) is 6.23 Å². The average molecular weight is 1050 g/mol. The fourth-order valence-electron chi connectivity index (χ4n) is 7.46. The molecule has 6 rings (SSSR count). The maximum atomic E-state index is 14.8. The van der Waals surface area contributed by atoms with Crippen LogP contribution in [-0.4, -0.2) is 131 Å². The number of nitrogens with zero attached hydrogens (tertiary/aromatic N) is 4. The van der Waals surface area contributed by atoms with Gasteiger partial charge in [-0.1, -0.05) is 107 Å². The number of hydrogen-bond acceptors (Lipinski definition) is 13. The van der Waals surface area contributed by atoms with Crippen molar-refractivity contribution >= 4 is 69.9 Å². The third-order valence-corrected chi connectivity index (χ3v) is 12.1. The number of benzene rings is 4. The van der Waals surface area contributed by atoms with Gasteiger partial charge in [0.25, 0.3) is 0 Å². The van der Waals surface area contributed by atoms with Gasteiger partial charge in [0.2, 0.25) is 5.88 Å². The molecule has 0 radical (unpaired) electrons. The lowest BCUT2D eigenvalue weighted by Gasteiger charge is -2.36. The lowest BCUT2D eigenvalue weighted by Crippen LogP contribution is -2.54. The molecule has 0 aliphatic heterocycles. The molecular weight excluding hydrogens is 997 g/mol. The molecule has 23 heteroatoms. The van der Waals surface area contributed by atoms with Gasteiger partial charge in [-0.3, -0.25) is 15.5 Å². The molecule has 6 aromatic rings. The van der Waals surface area contributed by atoms with Crippen LogP contribution in [0.2, 0.25) is 10.0 Å². The van der Waals surface area contributed by atoms with E-state index in [0.29, 0.717) is 11.3 Å². The molecule has 0 aliphatic rings. The van der Waals surface area contributed by atoms with E-state index in [-0.39, 0.29) is 79.5 Å². The number of aromatic nitrogens is 2. The largest absolute Gasteiger partial charge is 0.447 e. The minimum Gasteiger partial charge on any atom is -0.447 e. The molecule has 4 aromatic carbocycles. The van der Waals surface area contributed by atoms with Crippen LogP contribution in [0.25, 0.3) is 22.0 Å². The van der Waals surface area contributed by atoms with E-state index in [1.165, 1.54) is 42.3 Å². The van der Waals surface area contributed by atoms with Gasteiger partial charge in [-0.25, -0.2) is 32.9 Å². The molecule has 2 heterocycles. The lowest BCUT2D eigenvalue weighted by atomic mass is 9.97. The molecule has 6 amide bonds. The second-order valence-corrected chi connectivity index (χ2v) is 17.2. The summed E-state index contributed by atoms with van der Waals surface area (Å²) >= 11 is 12.5. The Balaban J connectivity index is 1.18. The van der Waals surface area contributed by atoms with E-state index in [9.17, 15) is 43.3 Å². The summed E-state index contributed by atoms with van der Waals surface area (Å²) in [7, 11) is 1.45. The highest BCUT2D eigenvalue weighted by atomic mass is 35.5. The summed E-state index contributed by atoms with van der Waals surface area (Å²) in [5.41, 5.74) is 1.76. The third-order valence-electron chi connectivity index (χ3n) is 11.3. The number of pyridine rings is 1. The summed E-state index contributed by atoms with van der Waals surface area (Å²) < 4.78 is 51.5. The van der Waals surface area contributed by atoms with Crippen LogP contribution in [0.3, 0.4) is 0 Å². The van der Waals surface area contributed by atoms with Crippen LogP contribution in [-0.2, 0) is 27.2 Å². The van der Waals surface area contributed by atoms with E-state index in [0.717, 1.165) is 27.3 Å². The summed E-state index contributed by atoms with van der Waals surface area (Å²) in [6.45, 7) is -2.96. The van der Waals surface area contributed by atoms with Crippen LogP contribution in [0.5, 0.6) is 0 Å². The molecular formula is C50H54Cl2F2N8O11. The number of carbonyl (C=O) groups is 4. The molecule has 0 aliphatic carbocycles. The van der Waals surface area contributed by atoms with Gasteiger partial charge in [0.1, 0.15) is 35.9 Å². The number of aliphatic hydroxyl groups is 3. The fraction of sp³-hybridized carbons (Fsp3) is 0.320. The first kappa shape index (κ1) is 55.2. The summed E-state index contributed by atoms with van der Waals surface area (Å²) in [6, 6.07) is 25.4. The number of nitrogens with one attached hydrogen (secondary N) is 4. The molecule has 19 nitrogen and oxygen atoms in total. The average Bonchev–Trinajstić information content (AvgIpc) is 3.86. The Morgan fingerprint density at radius 2 is 1.49 bits per heavy atom. The number of halogens is 4. The maximum Gasteiger partial charge on any atom is 0.414 e.